The number of nitrogens with zero attached hydrogens (tertiary/aromatic N) is 2. The van der Waals surface area contributed by atoms with Crippen LogP contribution in [-0.2, 0) is 6.18 Å². The Balaban J connectivity index is 1.92. The molecule has 0 spiro atoms. The molecule has 1 aromatic carbocycles. The lowest BCUT2D eigenvalue weighted by Gasteiger charge is -2.08. The van der Waals surface area contributed by atoms with E-state index in [9.17, 15) is 18.0 Å². The van der Waals surface area contributed by atoms with E-state index in [0.29, 0.717) is 27.0 Å². The number of nitrogens with one attached hydrogen (secondary N) is 1. The van der Waals surface area contributed by atoms with Gasteiger partial charge in [-0.2, -0.15) is 13.2 Å². The lowest BCUT2D eigenvalue weighted by atomic mass is 10.0. The molecule has 4 aromatic rings. The molecule has 0 saturated carbocycles. The number of H-pyrrole nitrogens is 1. The topological polar surface area (TPSA) is 58.6 Å². The van der Waals surface area contributed by atoms with Crippen LogP contribution in [0.4, 0.5) is 13.2 Å². The van der Waals surface area contributed by atoms with Crippen molar-refractivity contribution in [3.63, 3.8) is 0 Å². The number of benzene rings is 1. The Morgan fingerprint density at radius 3 is 2.65 bits per heavy atom. The first-order valence-electron chi connectivity index (χ1n) is 7.54. The minimum Gasteiger partial charge on any atom is -0.304 e. The van der Waals surface area contributed by atoms with Gasteiger partial charge >= 0.3 is 6.18 Å². The van der Waals surface area contributed by atoms with Crippen molar-refractivity contribution in [3.05, 3.63) is 70.0 Å². The molecule has 130 valence electrons. The van der Waals surface area contributed by atoms with Crippen LogP contribution in [0.25, 0.3) is 32.9 Å². The van der Waals surface area contributed by atoms with Crippen LogP contribution >= 0.6 is 11.3 Å². The van der Waals surface area contributed by atoms with Crippen molar-refractivity contribution in [2.45, 2.75) is 6.18 Å². The van der Waals surface area contributed by atoms with Crippen LogP contribution in [0.2, 0.25) is 0 Å². The molecule has 0 aliphatic rings. The van der Waals surface area contributed by atoms with Crippen molar-refractivity contribution in [2.75, 3.05) is 0 Å². The van der Waals surface area contributed by atoms with Gasteiger partial charge in [0.15, 0.2) is 5.82 Å². The second kappa shape index (κ2) is 6.06. The molecule has 26 heavy (non-hydrogen) atoms. The number of alkyl halides is 3. The van der Waals surface area contributed by atoms with Crippen LogP contribution in [0.5, 0.6) is 0 Å². The predicted octanol–water partition coefficient (Wildman–Crippen LogP) is 4.73. The Morgan fingerprint density at radius 1 is 1.08 bits per heavy atom. The summed E-state index contributed by atoms with van der Waals surface area (Å²) in [6.07, 6.45) is -2.87. The standard InChI is InChI=1S/C18H10F3N3OS/c19-18(20,21)11-5-3-4-10(8-11)12-9-26-15-14(12)23-16(24-17(15)25)13-6-1-2-7-22-13/h1-9H,(H,23,24,25). The van der Waals surface area contributed by atoms with Crippen molar-refractivity contribution in [1.29, 1.82) is 0 Å². The van der Waals surface area contributed by atoms with Gasteiger partial charge in [0.2, 0.25) is 0 Å². The molecule has 0 aliphatic carbocycles. The van der Waals surface area contributed by atoms with E-state index in [0.717, 1.165) is 23.5 Å². The fourth-order valence-corrected chi connectivity index (χ4v) is 3.53. The van der Waals surface area contributed by atoms with Gasteiger partial charge < -0.3 is 4.98 Å². The molecule has 0 atom stereocenters. The summed E-state index contributed by atoms with van der Waals surface area (Å²) in [6, 6.07) is 10.2. The van der Waals surface area contributed by atoms with Crippen LogP contribution in [0.3, 0.4) is 0 Å². The summed E-state index contributed by atoms with van der Waals surface area (Å²) in [4.78, 5) is 23.6. The maximum absolute atomic E-state index is 13.0. The maximum Gasteiger partial charge on any atom is 0.416 e. The first-order valence-corrected chi connectivity index (χ1v) is 8.42. The summed E-state index contributed by atoms with van der Waals surface area (Å²) < 4.78 is 39.3. The third-order valence-corrected chi connectivity index (χ3v) is 4.80. The summed E-state index contributed by atoms with van der Waals surface area (Å²) in [6.45, 7) is 0. The fraction of sp³-hybridized carbons (Fsp3) is 0.0556. The zero-order valence-corrected chi connectivity index (χ0v) is 13.9. The number of aromatic amines is 1. The summed E-state index contributed by atoms with van der Waals surface area (Å²) in [5, 5.41) is 1.64. The highest BCUT2D eigenvalue weighted by Crippen LogP contribution is 2.36. The normalized spacial score (nSPS) is 11.8. The second-order valence-corrected chi connectivity index (χ2v) is 6.41. The number of hydrogen-bond donors (Lipinski definition) is 1. The molecule has 0 unspecified atom stereocenters. The molecule has 3 aromatic heterocycles. The Bertz CT molecular complexity index is 1150. The zero-order chi connectivity index (χ0) is 18.3. The van der Waals surface area contributed by atoms with E-state index in [1.54, 1.807) is 35.8 Å². The van der Waals surface area contributed by atoms with Crippen LogP contribution in [0.15, 0.2) is 58.8 Å². The van der Waals surface area contributed by atoms with Gasteiger partial charge in [0.1, 0.15) is 10.4 Å². The summed E-state index contributed by atoms with van der Waals surface area (Å²) in [5.41, 5.74) is 0.588. The monoisotopic (exact) mass is 373 g/mol. The third-order valence-electron chi connectivity index (χ3n) is 3.84. The van der Waals surface area contributed by atoms with Crippen molar-refractivity contribution < 1.29 is 13.2 Å². The number of rotatable bonds is 2. The van der Waals surface area contributed by atoms with Crippen LogP contribution in [-0.4, -0.2) is 15.0 Å². The summed E-state index contributed by atoms with van der Waals surface area (Å²) >= 11 is 1.14. The first kappa shape index (κ1) is 16.5. The van der Waals surface area contributed by atoms with E-state index in [1.165, 1.54) is 6.07 Å². The number of aromatic nitrogens is 3. The molecule has 3 heterocycles. The molecule has 1 N–H and O–H groups in total. The molecule has 8 heteroatoms. The Kier molecular flexibility index (Phi) is 3.84. The van der Waals surface area contributed by atoms with E-state index in [2.05, 4.69) is 15.0 Å². The molecular weight excluding hydrogens is 363 g/mol. The van der Waals surface area contributed by atoms with Crippen LogP contribution < -0.4 is 5.56 Å². The van der Waals surface area contributed by atoms with E-state index in [-0.39, 0.29) is 11.4 Å². The largest absolute Gasteiger partial charge is 0.416 e. The lowest BCUT2D eigenvalue weighted by Crippen LogP contribution is -2.08. The Labute approximate surface area is 149 Å². The van der Waals surface area contributed by atoms with Crippen molar-refractivity contribution >= 4 is 21.6 Å². The van der Waals surface area contributed by atoms with E-state index < -0.39 is 11.7 Å². The molecule has 0 amide bonds. The molecule has 4 rings (SSSR count). The van der Waals surface area contributed by atoms with Gasteiger partial charge in [0.05, 0.1) is 11.1 Å². The van der Waals surface area contributed by atoms with Crippen molar-refractivity contribution in [2.24, 2.45) is 0 Å². The number of thiophene rings is 1. The van der Waals surface area contributed by atoms with E-state index in [1.807, 2.05) is 0 Å². The van der Waals surface area contributed by atoms with Gasteiger partial charge in [-0.05, 0) is 29.8 Å². The average Bonchev–Trinajstić information content (AvgIpc) is 3.06. The van der Waals surface area contributed by atoms with Gasteiger partial charge in [-0.1, -0.05) is 18.2 Å². The molecule has 0 saturated heterocycles. The number of halogens is 3. The van der Waals surface area contributed by atoms with Gasteiger partial charge in [-0.25, -0.2) is 4.98 Å². The zero-order valence-electron chi connectivity index (χ0n) is 13.0. The maximum atomic E-state index is 13.0. The van der Waals surface area contributed by atoms with Crippen LogP contribution in [0, 0.1) is 0 Å². The molecular formula is C18H10F3N3OS. The fourth-order valence-electron chi connectivity index (χ4n) is 2.62. The van der Waals surface area contributed by atoms with Crippen molar-refractivity contribution in [3.8, 4) is 22.6 Å². The lowest BCUT2D eigenvalue weighted by molar-refractivity contribution is -0.137. The number of pyridine rings is 1. The van der Waals surface area contributed by atoms with Gasteiger partial charge in [0, 0.05) is 17.1 Å². The third kappa shape index (κ3) is 2.88. The molecule has 0 aliphatic heterocycles. The molecule has 4 nitrogen and oxygen atoms in total. The summed E-state index contributed by atoms with van der Waals surface area (Å²) in [7, 11) is 0. The van der Waals surface area contributed by atoms with Gasteiger partial charge in [-0.3, -0.25) is 9.78 Å². The summed E-state index contributed by atoms with van der Waals surface area (Å²) in [5.74, 6) is 0.273. The highest BCUT2D eigenvalue weighted by atomic mass is 32.1. The van der Waals surface area contributed by atoms with Crippen LogP contribution in [0.1, 0.15) is 5.56 Å². The first-order chi connectivity index (χ1) is 12.4. The molecule has 0 bridgehead atoms. The number of hydrogen-bond acceptors (Lipinski definition) is 4. The SMILES string of the molecule is O=c1[nH]c(-c2ccccn2)nc2c(-c3cccc(C(F)(F)F)c3)csc12. The Hall–Kier alpha value is -3.00. The van der Waals surface area contributed by atoms with Gasteiger partial charge in [-0.15, -0.1) is 11.3 Å². The van der Waals surface area contributed by atoms with E-state index >= 15 is 0 Å². The minimum absolute atomic E-state index is 0.273. The van der Waals surface area contributed by atoms with Gasteiger partial charge in [0.25, 0.3) is 5.56 Å². The van der Waals surface area contributed by atoms with E-state index in [4.69, 9.17) is 0 Å². The highest BCUT2D eigenvalue weighted by molar-refractivity contribution is 7.17. The predicted molar refractivity (Wildman–Crippen MR) is 93.9 cm³/mol. The molecule has 0 fully saturated rings. The quantitative estimate of drug-likeness (QED) is 0.552. The Morgan fingerprint density at radius 2 is 1.92 bits per heavy atom. The number of fused-ring (bicyclic) bond motifs is 1. The highest BCUT2D eigenvalue weighted by Gasteiger charge is 2.30. The smallest absolute Gasteiger partial charge is 0.304 e. The van der Waals surface area contributed by atoms with Crippen molar-refractivity contribution in [1.82, 2.24) is 15.0 Å². The second-order valence-electron chi connectivity index (χ2n) is 5.54. The molecule has 0 radical (unpaired) electrons. The average molecular weight is 373 g/mol. The minimum atomic E-state index is -4.44.